The highest BCUT2D eigenvalue weighted by atomic mass is 16.6. The molecule has 11 heavy (non-hydrogen) atoms. The van der Waals surface area contributed by atoms with Crippen molar-refractivity contribution in [3.63, 3.8) is 0 Å². The molecule has 1 atom stereocenters. The molecule has 0 saturated carbocycles. The average Bonchev–Trinajstić information content (AvgIpc) is 2.19. The predicted octanol–water partition coefficient (Wildman–Crippen LogP) is 1.32. The zero-order valence-corrected chi connectivity index (χ0v) is 6.50. The van der Waals surface area contributed by atoms with Gasteiger partial charge in [0.25, 0.3) is 0 Å². The summed E-state index contributed by atoms with van der Waals surface area (Å²) in [5.74, 6) is -0.418. The number of hydrogen-bond acceptors (Lipinski definition) is 3. The van der Waals surface area contributed by atoms with Crippen molar-refractivity contribution in [1.82, 2.24) is 0 Å². The Morgan fingerprint density at radius 3 is 2.64 bits per heavy atom. The van der Waals surface area contributed by atoms with Crippen LogP contribution in [0.25, 0.3) is 0 Å². The van der Waals surface area contributed by atoms with Crippen LogP contribution in [-0.4, -0.2) is 17.2 Å². The van der Waals surface area contributed by atoms with Crippen LogP contribution in [0.1, 0.15) is 13.8 Å². The molecular weight excluding hydrogens is 144 g/mol. The zero-order chi connectivity index (χ0) is 8.43. The molecule has 3 nitrogen and oxygen atoms in total. The molecule has 60 valence electrons. The Balaban J connectivity index is 2.85. The van der Waals surface area contributed by atoms with E-state index in [4.69, 9.17) is 4.74 Å². The topological polar surface area (TPSA) is 46.5 Å². The molecule has 1 aliphatic heterocycles. The van der Waals surface area contributed by atoms with Crippen molar-refractivity contribution in [2.45, 2.75) is 20.0 Å². The molecule has 0 spiro atoms. The van der Waals surface area contributed by atoms with E-state index in [1.807, 2.05) is 0 Å². The van der Waals surface area contributed by atoms with E-state index in [1.54, 1.807) is 26.0 Å². The first-order chi connectivity index (χ1) is 5.16. The third kappa shape index (κ3) is 1.27. The van der Waals surface area contributed by atoms with Crippen LogP contribution < -0.4 is 0 Å². The van der Waals surface area contributed by atoms with Gasteiger partial charge in [0.15, 0.2) is 6.10 Å². The Hall–Kier alpha value is -1.25. The van der Waals surface area contributed by atoms with E-state index in [2.05, 4.69) is 0 Å². The summed E-state index contributed by atoms with van der Waals surface area (Å²) in [6.07, 6.45) is 2.80. The maximum absolute atomic E-state index is 10.8. The van der Waals surface area contributed by atoms with Crippen molar-refractivity contribution in [2.24, 2.45) is 0 Å². The molecule has 1 rings (SSSR count). The van der Waals surface area contributed by atoms with Gasteiger partial charge in [-0.05, 0) is 19.9 Å². The van der Waals surface area contributed by atoms with Crippen molar-refractivity contribution in [2.75, 3.05) is 0 Å². The van der Waals surface area contributed by atoms with E-state index < -0.39 is 12.1 Å². The summed E-state index contributed by atoms with van der Waals surface area (Å²) in [7, 11) is 0. The molecule has 0 aromatic rings. The maximum atomic E-state index is 10.8. The second-order valence-corrected chi connectivity index (χ2v) is 2.36. The molecule has 0 aromatic heterocycles. The largest absolute Gasteiger partial charge is 0.507 e. The Labute approximate surface area is 65.0 Å². The van der Waals surface area contributed by atoms with Gasteiger partial charge in [0.05, 0.1) is 5.57 Å². The summed E-state index contributed by atoms with van der Waals surface area (Å²) in [4.78, 5) is 10.8. The number of hydrogen-bond donors (Lipinski definition) is 1. The lowest BCUT2D eigenvalue weighted by molar-refractivity contribution is -0.138. The van der Waals surface area contributed by atoms with Gasteiger partial charge in [0.1, 0.15) is 5.76 Å². The predicted molar refractivity (Wildman–Crippen MR) is 40.0 cm³/mol. The molecule has 1 heterocycles. The summed E-state index contributed by atoms with van der Waals surface area (Å²) in [6, 6.07) is 0. The molecule has 1 aliphatic rings. The maximum Gasteiger partial charge on any atom is 0.338 e. The third-order valence-electron chi connectivity index (χ3n) is 1.56. The summed E-state index contributed by atoms with van der Waals surface area (Å²) in [5.41, 5.74) is 0.299. The molecule has 1 N–H and O–H groups in total. The molecule has 0 aliphatic carbocycles. The van der Waals surface area contributed by atoms with Gasteiger partial charge in [-0.3, -0.25) is 0 Å². The average molecular weight is 154 g/mol. The van der Waals surface area contributed by atoms with Gasteiger partial charge in [0.2, 0.25) is 0 Å². The van der Waals surface area contributed by atoms with E-state index in [0.717, 1.165) is 0 Å². The molecule has 0 bridgehead atoms. The van der Waals surface area contributed by atoms with Gasteiger partial charge in [-0.2, -0.15) is 0 Å². The minimum atomic E-state index is -0.563. The number of cyclic esters (lactones) is 1. The molecule has 0 amide bonds. The SMILES string of the molecule is C/C=C\[C@H]1OC(=O)C(C)=C1O. The van der Waals surface area contributed by atoms with E-state index >= 15 is 0 Å². The van der Waals surface area contributed by atoms with Crippen molar-refractivity contribution >= 4 is 5.97 Å². The Kier molecular flexibility index (Phi) is 1.98. The summed E-state index contributed by atoms with van der Waals surface area (Å²) in [5, 5.41) is 9.24. The van der Waals surface area contributed by atoms with Gasteiger partial charge in [-0.25, -0.2) is 4.79 Å². The van der Waals surface area contributed by atoms with Crippen LogP contribution in [0.3, 0.4) is 0 Å². The number of carbonyl (C=O) groups is 1. The first-order valence-corrected chi connectivity index (χ1v) is 3.40. The second kappa shape index (κ2) is 2.78. The third-order valence-corrected chi connectivity index (χ3v) is 1.56. The highest BCUT2D eigenvalue weighted by Gasteiger charge is 2.28. The minimum absolute atomic E-state index is 0.0214. The number of aliphatic hydroxyl groups excluding tert-OH is 1. The van der Waals surface area contributed by atoms with Crippen LogP contribution in [0, 0.1) is 0 Å². The molecule has 0 unspecified atom stereocenters. The number of esters is 1. The van der Waals surface area contributed by atoms with Crippen LogP contribution in [0.2, 0.25) is 0 Å². The molecule has 0 aromatic carbocycles. The Bertz CT molecular complexity index is 238. The normalized spacial score (nSPS) is 24.9. The van der Waals surface area contributed by atoms with Crippen LogP contribution >= 0.6 is 0 Å². The molecule has 0 fully saturated rings. The number of carbonyl (C=O) groups excluding carboxylic acids is 1. The Morgan fingerprint density at radius 1 is 1.64 bits per heavy atom. The van der Waals surface area contributed by atoms with Gasteiger partial charge < -0.3 is 9.84 Å². The van der Waals surface area contributed by atoms with Gasteiger partial charge in [-0.15, -0.1) is 0 Å². The molecule has 0 radical (unpaired) electrons. The summed E-state index contributed by atoms with van der Waals surface area (Å²) >= 11 is 0. The fourth-order valence-corrected chi connectivity index (χ4v) is 0.883. The first kappa shape index (κ1) is 7.85. The van der Waals surface area contributed by atoms with Crippen LogP contribution in [0.15, 0.2) is 23.5 Å². The number of allylic oxidation sites excluding steroid dienone is 1. The highest BCUT2D eigenvalue weighted by molar-refractivity contribution is 5.91. The van der Waals surface area contributed by atoms with Gasteiger partial charge in [-0.1, -0.05) is 6.08 Å². The van der Waals surface area contributed by atoms with Gasteiger partial charge in [0, 0.05) is 0 Å². The summed E-state index contributed by atoms with van der Waals surface area (Å²) < 4.78 is 4.78. The van der Waals surface area contributed by atoms with E-state index in [9.17, 15) is 9.90 Å². The lowest BCUT2D eigenvalue weighted by Gasteiger charge is -2.02. The van der Waals surface area contributed by atoms with Crippen molar-refractivity contribution in [1.29, 1.82) is 0 Å². The van der Waals surface area contributed by atoms with Crippen LogP contribution in [-0.2, 0) is 9.53 Å². The number of ether oxygens (including phenoxy) is 1. The standard InChI is InChI=1S/C8H10O3/c1-3-4-6-7(9)5(2)8(10)11-6/h3-4,6,9H,1-2H3/b4-3-/t6-/m1/s1. The lowest BCUT2D eigenvalue weighted by Crippen LogP contribution is -2.07. The van der Waals surface area contributed by atoms with Crippen LogP contribution in [0.4, 0.5) is 0 Å². The highest BCUT2D eigenvalue weighted by Crippen LogP contribution is 2.20. The Morgan fingerprint density at radius 2 is 2.27 bits per heavy atom. The fraction of sp³-hybridized carbons (Fsp3) is 0.375. The number of aliphatic hydroxyl groups is 1. The molecule has 0 saturated heterocycles. The number of rotatable bonds is 1. The summed E-state index contributed by atoms with van der Waals surface area (Å²) in [6.45, 7) is 3.34. The first-order valence-electron chi connectivity index (χ1n) is 3.40. The van der Waals surface area contributed by atoms with E-state index in [1.165, 1.54) is 0 Å². The quantitative estimate of drug-likeness (QED) is 0.457. The van der Waals surface area contributed by atoms with E-state index in [-0.39, 0.29) is 5.76 Å². The molecular formula is C8H10O3. The molecule has 3 heteroatoms. The smallest absolute Gasteiger partial charge is 0.338 e. The lowest BCUT2D eigenvalue weighted by atomic mass is 10.2. The van der Waals surface area contributed by atoms with Crippen molar-refractivity contribution < 1.29 is 14.6 Å². The second-order valence-electron chi connectivity index (χ2n) is 2.36. The van der Waals surface area contributed by atoms with E-state index in [0.29, 0.717) is 5.57 Å². The fourth-order valence-electron chi connectivity index (χ4n) is 0.883. The minimum Gasteiger partial charge on any atom is -0.507 e. The monoisotopic (exact) mass is 154 g/mol. The van der Waals surface area contributed by atoms with Crippen molar-refractivity contribution in [3.05, 3.63) is 23.5 Å². The van der Waals surface area contributed by atoms with Gasteiger partial charge >= 0.3 is 5.97 Å². The van der Waals surface area contributed by atoms with Crippen molar-refractivity contribution in [3.8, 4) is 0 Å². The zero-order valence-electron chi connectivity index (χ0n) is 6.50. The van der Waals surface area contributed by atoms with Crippen LogP contribution in [0.5, 0.6) is 0 Å².